The molecule has 0 spiro atoms. The lowest BCUT2D eigenvalue weighted by Crippen LogP contribution is -2.04. The zero-order valence-electron chi connectivity index (χ0n) is 9.55. The van der Waals surface area contributed by atoms with Crippen molar-refractivity contribution in [2.45, 2.75) is 19.4 Å². The highest BCUT2D eigenvalue weighted by Gasteiger charge is 2.17. The fraction of sp³-hybridized carbons (Fsp3) is 0.214. The van der Waals surface area contributed by atoms with E-state index in [1.807, 2.05) is 24.3 Å². The van der Waals surface area contributed by atoms with E-state index in [4.69, 9.17) is 0 Å². The van der Waals surface area contributed by atoms with Crippen LogP contribution in [0, 0.1) is 0 Å². The second-order valence-electron chi connectivity index (χ2n) is 4.14. The zero-order valence-corrected chi connectivity index (χ0v) is 9.55. The predicted molar refractivity (Wildman–Crippen MR) is 65.9 cm³/mol. The number of carbonyl (C=O) groups is 1. The number of aromatic hydroxyl groups is 1. The van der Waals surface area contributed by atoms with E-state index in [-0.39, 0.29) is 18.0 Å². The number of rotatable bonds is 3. The largest absolute Gasteiger partial charge is 0.508 e. The van der Waals surface area contributed by atoms with Gasteiger partial charge >= 0.3 is 0 Å². The summed E-state index contributed by atoms with van der Waals surface area (Å²) in [5, 5.41) is 21.5. The second kappa shape index (κ2) is 4.55. The number of hydrogen-bond acceptors (Lipinski definition) is 3. The maximum atomic E-state index is 11.0. The Morgan fingerprint density at radius 2 is 1.94 bits per heavy atom. The number of aliphatic hydroxyl groups excluding tert-OH is 1. The maximum absolute atomic E-state index is 11.0. The highest BCUT2D eigenvalue weighted by Crippen LogP contribution is 2.33. The lowest BCUT2D eigenvalue weighted by molar-refractivity contribution is -0.118. The van der Waals surface area contributed by atoms with Gasteiger partial charge < -0.3 is 10.2 Å². The first-order valence-electron chi connectivity index (χ1n) is 5.47. The molecule has 3 nitrogen and oxygen atoms in total. The molecule has 0 aliphatic heterocycles. The third kappa shape index (κ3) is 2.29. The number of hydrogen-bond donors (Lipinski definition) is 2. The van der Waals surface area contributed by atoms with Gasteiger partial charge in [0.2, 0.25) is 0 Å². The van der Waals surface area contributed by atoms with Gasteiger partial charge in [-0.2, -0.15) is 0 Å². The van der Waals surface area contributed by atoms with Gasteiger partial charge in [0.1, 0.15) is 11.5 Å². The molecule has 0 amide bonds. The summed E-state index contributed by atoms with van der Waals surface area (Å²) in [5.41, 5.74) is 0.429. The number of Topliss-reactive ketones (excluding diaryl/α,β-unsaturated/α-hetero) is 1. The number of phenolic OH excluding ortho intramolecular Hbond substituents is 1. The van der Waals surface area contributed by atoms with Crippen LogP contribution in [0.4, 0.5) is 0 Å². The molecule has 0 heterocycles. The molecular weight excluding hydrogens is 216 g/mol. The van der Waals surface area contributed by atoms with Crippen molar-refractivity contribution in [2.24, 2.45) is 0 Å². The van der Waals surface area contributed by atoms with E-state index < -0.39 is 6.10 Å². The molecule has 3 heteroatoms. The number of fused-ring (bicyclic) bond motifs is 1. The van der Waals surface area contributed by atoms with E-state index in [2.05, 4.69) is 0 Å². The van der Waals surface area contributed by atoms with Gasteiger partial charge in [0, 0.05) is 12.0 Å². The number of ketones is 1. The summed E-state index contributed by atoms with van der Waals surface area (Å²) >= 11 is 0. The molecule has 0 aliphatic carbocycles. The van der Waals surface area contributed by atoms with Crippen LogP contribution in [0.15, 0.2) is 36.4 Å². The summed E-state index contributed by atoms with van der Waals surface area (Å²) in [6, 6.07) is 10.8. The molecule has 0 fully saturated rings. The minimum absolute atomic E-state index is 0.0154. The SMILES string of the molecule is CC(=O)CC(O)c1c(O)ccc2ccccc12. The topological polar surface area (TPSA) is 57.5 Å². The van der Waals surface area contributed by atoms with Crippen molar-refractivity contribution < 1.29 is 15.0 Å². The lowest BCUT2D eigenvalue weighted by Gasteiger charge is -2.14. The van der Waals surface area contributed by atoms with Crippen LogP contribution in [0.25, 0.3) is 10.8 Å². The summed E-state index contributed by atoms with van der Waals surface area (Å²) in [5.74, 6) is -0.0812. The van der Waals surface area contributed by atoms with Crippen LogP contribution in [0.1, 0.15) is 25.0 Å². The molecular formula is C14H14O3. The molecule has 0 saturated heterocycles. The summed E-state index contributed by atoms with van der Waals surface area (Å²) < 4.78 is 0. The van der Waals surface area contributed by atoms with Crippen molar-refractivity contribution in [1.29, 1.82) is 0 Å². The number of phenols is 1. The first kappa shape index (κ1) is 11.6. The highest BCUT2D eigenvalue weighted by molar-refractivity contribution is 5.88. The average molecular weight is 230 g/mol. The van der Waals surface area contributed by atoms with Crippen molar-refractivity contribution in [3.8, 4) is 5.75 Å². The van der Waals surface area contributed by atoms with Gasteiger partial charge in [-0.25, -0.2) is 0 Å². The van der Waals surface area contributed by atoms with Crippen molar-refractivity contribution in [1.82, 2.24) is 0 Å². The minimum Gasteiger partial charge on any atom is -0.508 e. The fourth-order valence-corrected chi connectivity index (χ4v) is 2.01. The molecule has 1 atom stereocenters. The van der Waals surface area contributed by atoms with E-state index >= 15 is 0 Å². The van der Waals surface area contributed by atoms with Gasteiger partial charge in [-0.15, -0.1) is 0 Å². The third-order valence-corrected chi connectivity index (χ3v) is 2.76. The van der Waals surface area contributed by atoms with Gasteiger partial charge in [0.15, 0.2) is 0 Å². The fourth-order valence-electron chi connectivity index (χ4n) is 2.01. The molecule has 0 radical (unpaired) electrons. The Morgan fingerprint density at radius 3 is 2.65 bits per heavy atom. The molecule has 2 aromatic rings. The predicted octanol–water partition coefficient (Wildman–Crippen LogP) is 2.56. The monoisotopic (exact) mass is 230 g/mol. The minimum atomic E-state index is -0.960. The quantitative estimate of drug-likeness (QED) is 0.852. The Labute approximate surface area is 99.3 Å². The number of aliphatic hydroxyl groups is 1. The Kier molecular flexibility index (Phi) is 3.11. The van der Waals surface area contributed by atoms with E-state index in [1.165, 1.54) is 6.92 Å². The molecule has 0 bridgehead atoms. The summed E-state index contributed by atoms with van der Waals surface area (Å²) in [6.45, 7) is 1.42. The van der Waals surface area contributed by atoms with Gasteiger partial charge in [-0.3, -0.25) is 4.79 Å². The molecule has 88 valence electrons. The molecule has 1 unspecified atom stereocenters. The first-order chi connectivity index (χ1) is 8.09. The second-order valence-corrected chi connectivity index (χ2v) is 4.14. The number of benzene rings is 2. The third-order valence-electron chi connectivity index (χ3n) is 2.76. The Bertz CT molecular complexity index is 560. The Morgan fingerprint density at radius 1 is 1.24 bits per heavy atom. The standard InChI is InChI=1S/C14H14O3/c1-9(15)8-13(17)14-11-5-3-2-4-10(11)6-7-12(14)16/h2-7,13,16-17H,8H2,1H3. The van der Waals surface area contributed by atoms with Crippen LogP contribution in [-0.2, 0) is 4.79 Å². The van der Waals surface area contributed by atoms with Crippen molar-refractivity contribution in [3.05, 3.63) is 42.0 Å². The van der Waals surface area contributed by atoms with Gasteiger partial charge in [-0.05, 0) is 23.8 Å². The van der Waals surface area contributed by atoms with Crippen LogP contribution >= 0.6 is 0 Å². The van der Waals surface area contributed by atoms with Gasteiger partial charge in [0.25, 0.3) is 0 Å². The van der Waals surface area contributed by atoms with Crippen LogP contribution in [-0.4, -0.2) is 16.0 Å². The number of carbonyl (C=O) groups excluding carboxylic acids is 1. The molecule has 17 heavy (non-hydrogen) atoms. The first-order valence-corrected chi connectivity index (χ1v) is 5.47. The van der Waals surface area contributed by atoms with Crippen molar-refractivity contribution >= 4 is 16.6 Å². The van der Waals surface area contributed by atoms with Crippen molar-refractivity contribution in [2.75, 3.05) is 0 Å². The summed E-state index contributed by atoms with van der Waals surface area (Å²) in [6.07, 6.45) is -0.944. The summed E-state index contributed by atoms with van der Waals surface area (Å²) in [7, 11) is 0. The molecule has 0 aromatic heterocycles. The Hall–Kier alpha value is -1.87. The molecule has 0 saturated carbocycles. The smallest absolute Gasteiger partial charge is 0.132 e. The van der Waals surface area contributed by atoms with Crippen molar-refractivity contribution in [3.63, 3.8) is 0 Å². The Balaban J connectivity index is 2.58. The van der Waals surface area contributed by atoms with Crippen LogP contribution < -0.4 is 0 Å². The van der Waals surface area contributed by atoms with E-state index in [0.29, 0.717) is 5.56 Å². The van der Waals surface area contributed by atoms with Gasteiger partial charge in [0.05, 0.1) is 6.10 Å². The maximum Gasteiger partial charge on any atom is 0.132 e. The molecule has 2 N–H and O–H groups in total. The van der Waals surface area contributed by atoms with E-state index in [0.717, 1.165) is 10.8 Å². The molecule has 2 rings (SSSR count). The highest BCUT2D eigenvalue weighted by atomic mass is 16.3. The van der Waals surface area contributed by atoms with E-state index in [1.54, 1.807) is 12.1 Å². The molecule has 0 aliphatic rings. The van der Waals surface area contributed by atoms with E-state index in [9.17, 15) is 15.0 Å². The summed E-state index contributed by atoms with van der Waals surface area (Å²) in [4.78, 5) is 11.0. The van der Waals surface area contributed by atoms with Crippen LogP contribution in [0.5, 0.6) is 5.75 Å². The lowest BCUT2D eigenvalue weighted by atomic mass is 9.97. The zero-order chi connectivity index (χ0) is 12.4. The molecule has 2 aromatic carbocycles. The normalized spacial score (nSPS) is 12.6. The average Bonchev–Trinajstić information content (AvgIpc) is 2.27. The van der Waals surface area contributed by atoms with Crippen LogP contribution in [0.2, 0.25) is 0 Å². The van der Waals surface area contributed by atoms with Gasteiger partial charge in [-0.1, -0.05) is 30.3 Å². The van der Waals surface area contributed by atoms with Crippen LogP contribution in [0.3, 0.4) is 0 Å².